The minimum atomic E-state index is -1.82. The van der Waals surface area contributed by atoms with Crippen molar-refractivity contribution in [2.24, 2.45) is 0 Å². The van der Waals surface area contributed by atoms with Gasteiger partial charge < -0.3 is 30.0 Å². The van der Waals surface area contributed by atoms with Gasteiger partial charge in [0.1, 0.15) is 0 Å². The smallest absolute Gasteiger partial charge is 0.414 e. The molecule has 8 heteroatoms. The van der Waals surface area contributed by atoms with Crippen LogP contribution >= 0.6 is 0 Å². The molecule has 3 aromatic rings. The summed E-state index contributed by atoms with van der Waals surface area (Å²) in [6, 6.07) is 14.4. The predicted octanol–water partition coefficient (Wildman–Crippen LogP) is 2.67. The molecule has 0 fully saturated rings. The van der Waals surface area contributed by atoms with Gasteiger partial charge in [-0.1, -0.05) is 24.3 Å². The van der Waals surface area contributed by atoms with Crippen molar-refractivity contribution in [3.8, 4) is 11.5 Å². The van der Waals surface area contributed by atoms with Gasteiger partial charge in [-0.2, -0.15) is 0 Å². The number of methoxy groups -OCH3 is 2. The number of carboxylic acid groups (broad SMARTS) is 2. The number of rotatable bonds is 7. The van der Waals surface area contributed by atoms with E-state index >= 15 is 0 Å². The van der Waals surface area contributed by atoms with Crippen LogP contribution in [0.2, 0.25) is 0 Å². The second-order valence-corrected chi connectivity index (χ2v) is 6.09. The summed E-state index contributed by atoms with van der Waals surface area (Å²) in [5, 5.41) is 19.6. The van der Waals surface area contributed by atoms with Crippen molar-refractivity contribution in [2.45, 2.75) is 13.0 Å². The number of hydrogen-bond donors (Lipinski definition) is 4. The third-order valence-corrected chi connectivity index (χ3v) is 4.21. The SMILES string of the molecule is COc1ccc(CNCCc2c[nH]c3ccccc23)cc1OC.O=C(O)C(=O)O. The van der Waals surface area contributed by atoms with E-state index in [1.807, 2.05) is 12.1 Å². The Kier molecular flexibility index (Phi) is 8.05. The molecule has 29 heavy (non-hydrogen) atoms. The highest BCUT2D eigenvalue weighted by atomic mass is 16.5. The van der Waals surface area contributed by atoms with Gasteiger partial charge in [0.25, 0.3) is 0 Å². The number of fused-ring (bicyclic) bond motifs is 1. The summed E-state index contributed by atoms with van der Waals surface area (Å²) in [6.07, 6.45) is 3.10. The first kappa shape index (κ1) is 21.8. The number of H-pyrrole nitrogens is 1. The van der Waals surface area contributed by atoms with E-state index in [4.69, 9.17) is 29.3 Å². The van der Waals surface area contributed by atoms with E-state index in [1.54, 1.807) is 14.2 Å². The summed E-state index contributed by atoms with van der Waals surface area (Å²) in [7, 11) is 3.31. The lowest BCUT2D eigenvalue weighted by molar-refractivity contribution is -0.159. The lowest BCUT2D eigenvalue weighted by Crippen LogP contribution is -2.16. The van der Waals surface area contributed by atoms with Crippen molar-refractivity contribution in [1.29, 1.82) is 0 Å². The molecule has 0 aliphatic carbocycles. The zero-order chi connectivity index (χ0) is 21.2. The van der Waals surface area contributed by atoms with Gasteiger partial charge >= 0.3 is 11.9 Å². The molecule has 0 saturated heterocycles. The van der Waals surface area contributed by atoms with Crippen LogP contribution in [0.3, 0.4) is 0 Å². The molecule has 0 amide bonds. The Morgan fingerprint density at radius 3 is 2.34 bits per heavy atom. The first-order valence-electron chi connectivity index (χ1n) is 8.89. The Morgan fingerprint density at radius 1 is 1.00 bits per heavy atom. The summed E-state index contributed by atoms with van der Waals surface area (Å²) in [5.74, 6) is -2.12. The van der Waals surface area contributed by atoms with Crippen LogP contribution in [0, 0.1) is 0 Å². The van der Waals surface area contributed by atoms with Crippen LogP contribution in [0.5, 0.6) is 11.5 Å². The molecule has 154 valence electrons. The van der Waals surface area contributed by atoms with Crippen molar-refractivity contribution in [1.82, 2.24) is 10.3 Å². The summed E-state index contributed by atoms with van der Waals surface area (Å²) in [4.78, 5) is 21.5. The Hall–Kier alpha value is -3.52. The number of hydrogen-bond acceptors (Lipinski definition) is 5. The Labute approximate surface area is 168 Å². The van der Waals surface area contributed by atoms with E-state index in [2.05, 4.69) is 46.8 Å². The van der Waals surface area contributed by atoms with Crippen molar-refractivity contribution < 1.29 is 29.3 Å². The standard InChI is InChI=1S/C19H22N2O2.C2H2O4/c1-22-18-8-7-14(11-19(18)23-2)12-20-10-9-15-13-21-17-6-4-3-5-16(15)17;3-1(4)2(5)6/h3-8,11,13,20-21H,9-10,12H2,1-2H3;(H,3,4)(H,5,6). The monoisotopic (exact) mass is 400 g/mol. The van der Waals surface area contributed by atoms with Gasteiger partial charge in [-0.05, 0) is 42.3 Å². The number of aromatic nitrogens is 1. The number of aliphatic carboxylic acids is 2. The lowest BCUT2D eigenvalue weighted by Gasteiger charge is -2.10. The number of ether oxygens (including phenoxy) is 2. The van der Waals surface area contributed by atoms with Crippen molar-refractivity contribution in [3.05, 3.63) is 59.8 Å². The molecular formula is C21H24N2O6. The van der Waals surface area contributed by atoms with Crippen molar-refractivity contribution >= 4 is 22.8 Å². The van der Waals surface area contributed by atoms with Gasteiger partial charge in [-0.15, -0.1) is 0 Å². The molecule has 3 rings (SSSR count). The maximum absolute atomic E-state index is 9.10. The highest BCUT2D eigenvalue weighted by molar-refractivity contribution is 6.27. The number of carbonyl (C=O) groups is 2. The van der Waals surface area contributed by atoms with Crippen LogP contribution in [0.25, 0.3) is 10.9 Å². The van der Waals surface area contributed by atoms with Crippen molar-refractivity contribution in [2.75, 3.05) is 20.8 Å². The predicted molar refractivity (Wildman–Crippen MR) is 109 cm³/mol. The summed E-state index contributed by atoms with van der Waals surface area (Å²) in [5.41, 5.74) is 3.73. The summed E-state index contributed by atoms with van der Waals surface area (Å²) < 4.78 is 10.6. The van der Waals surface area contributed by atoms with Crippen LogP contribution in [0.1, 0.15) is 11.1 Å². The van der Waals surface area contributed by atoms with Gasteiger partial charge in [0.15, 0.2) is 11.5 Å². The lowest BCUT2D eigenvalue weighted by atomic mass is 10.1. The zero-order valence-electron chi connectivity index (χ0n) is 16.3. The number of benzene rings is 2. The van der Waals surface area contributed by atoms with Gasteiger partial charge in [-0.3, -0.25) is 0 Å². The largest absolute Gasteiger partial charge is 0.493 e. The first-order chi connectivity index (χ1) is 14.0. The number of para-hydroxylation sites is 1. The van der Waals surface area contributed by atoms with Crippen LogP contribution in [-0.4, -0.2) is 47.9 Å². The molecule has 0 unspecified atom stereocenters. The number of nitrogens with one attached hydrogen (secondary N) is 2. The highest BCUT2D eigenvalue weighted by Gasteiger charge is 2.05. The number of aromatic amines is 1. The second kappa shape index (κ2) is 10.7. The fourth-order valence-corrected chi connectivity index (χ4v) is 2.78. The molecule has 0 atom stereocenters. The molecule has 4 N–H and O–H groups in total. The summed E-state index contributed by atoms with van der Waals surface area (Å²) >= 11 is 0. The molecule has 2 aromatic carbocycles. The van der Waals surface area contributed by atoms with Gasteiger partial charge in [0, 0.05) is 23.6 Å². The Bertz CT molecular complexity index is 955. The molecular weight excluding hydrogens is 376 g/mol. The topological polar surface area (TPSA) is 121 Å². The molecule has 0 saturated carbocycles. The third kappa shape index (κ3) is 6.25. The van der Waals surface area contributed by atoms with Gasteiger partial charge in [0.2, 0.25) is 0 Å². The molecule has 0 aliphatic rings. The van der Waals surface area contributed by atoms with Crippen LogP contribution in [0.15, 0.2) is 48.7 Å². The van der Waals surface area contributed by atoms with E-state index < -0.39 is 11.9 Å². The van der Waals surface area contributed by atoms with E-state index in [0.29, 0.717) is 0 Å². The Morgan fingerprint density at radius 2 is 1.69 bits per heavy atom. The zero-order valence-corrected chi connectivity index (χ0v) is 16.3. The fourth-order valence-electron chi connectivity index (χ4n) is 2.78. The molecule has 0 radical (unpaired) electrons. The molecule has 8 nitrogen and oxygen atoms in total. The van der Waals surface area contributed by atoms with Gasteiger partial charge in [0.05, 0.1) is 14.2 Å². The maximum Gasteiger partial charge on any atom is 0.414 e. The first-order valence-corrected chi connectivity index (χ1v) is 8.89. The third-order valence-electron chi connectivity index (χ3n) is 4.21. The second-order valence-electron chi connectivity index (χ2n) is 6.09. The van der Waals surface area contributed by atoms with E-state index in [0.717, 1.165) is 31.0 Å². The maximum atomic E-state index is 9.10. The highest BCUT2D eigenvalue weighted by Crippen LogP contribution is 2.27. The van der Waals surface area contributed by atoms with Crippen LogP contribution in [-0.2, 0) is 22.6 Å². The van der Waals surface area contributed by atoms with E-state index in [-0.39, 0.29) is 0 Å². The number of carboxylic acids is 2. The average Bonchev–Trinajstić information content (AvgIpc) is 3.14. The molecule has 1 heterocycles. The minimum absolute atomic E-state index is 0.759. The van der Waals surface area contributed by atoms with Crippen LogP contribution < -0.4 is 14.8 Å². The molecule has 0 spiro atoms. The molecule has 0 aliphatic heterocycles. The van der Waals surface area contributed by atoms with E-state index in [9.17, 15) is 0 Å². The van der Waals surface area contributed by atoms with Crippen LogP contribution in [0.4, 0.5) is 0 Å². The summed E-state index contributed by atoms with van der Waals surface area (Å²) in [6.45, 7) is 1.74. The van der Waals surface area contributed by atoms with E-state index in [1.165, 1.54) is 22.0 Å². The van der Waals surface area contributed by atoms with Gasteiger partial charge in [-0.25, -0.2) is 9.59 Å². The quantitative estimate of drug-likeness (QED) is 0.355. The normalized spacial score (nSPS) is 10.1. The molecule has 0 bridgehead atoms. The minimum Gasteiger partial charge on any atom is -0.493 e. The van der Waals surface area contributed by atoms with Crippen molar-refractivity contribution in [3.63, 3.8) is 0 Å². The fraction of sp³-hybridized carbons (Fsp3) is 0.238. The molecule has 1 aromatic heterocycles. The average molecular weight is 400 g/mol. The Balaban J connectivity index is 0.000000438.